The minimum absolute atomic E-state index is 0.111. The van der Waals surface area contributed by atoms with E-state index in [0.29, 0.717) is 17.4 Å². The van der Waals surface area contributed by atoms with Gasteiger partial charge in [-0.3, -0.25) is 9.59 Å². The van der Waals surface area contributed by atoms with Crippen LogP contribution in [0.25, 0.3) is 0 Å². The zero-order valence-electron chi connectivity index (χ0n) is 22.1. The van der Waals surface area contributed by atoms with Crippen LogP contribution < -0.4 is 5.32 Å². The van der Waals surface area contributed by atoms with Crippen molar-refractivity contribution in [2.75, 3.05) is 38.6 Å². The summed E-state index contributed by atoms with van der Waals surface area (Å²) in [4.78, 5) is 46.9. The number of nitrogens with zero attached hydrogens (tertiary/aromatic N) is 4. The van der Waals surface area contributed by atoms with Gasteiger partial charge in [-0.1, -0.05) is 30.3 Å². The third kappa shape index (κ3) is 7.50. The summed E-state index contributed by atoms with van der Waals surface area (Å²) in [5.41, 5.74) is 0.144. The Morgan fingerprint density at radius 1 is 1.00 bits per heavy atom. The van der Waals surface area contributed by atoms with Crippen LogP contribution in [0.3, 0.4) is 0 Å². The van der Waals surface area contributed by atoms with Gasteiger partial charge in [0, 0.05) is 49.5 Å². The van der Waals surface area contributed by atoms with Crippen molar-refractivity contribution in [3.8, 4) is 0 Å². The van der Waals surface area contributed by atoms with E-state index in [1.54, 1.807) is 59.5 Å². The van der Waals surface area contributed by atoms with E-state index in [4.69, 9.17) is 9.84 Å². The molecule has 13 heteroatoms. The van der Waals surface area contributed by atoms with Crippen LogP contribution in [0.2, 0.25) is 0 Å². The van der Waals surface area contributed by atoms with Gasteiger partial charge in [-0.15, -0.1) is 0 Å². The van der Waals surface area contributed by atoms with Crippen molar-refractivity contribution in [3.63, 3.8) is 0 Å². The van der Waals surface area contributed by atoms with Crippen LogP contribution in [0.5, 0.6) is 0 Å². The lowest BCUT2D eigenvalue weighted by atomic mass is 9.90. The molecule has 2 heterocycles. The Bertz CT molecular complexity index is 1380. The fraction of sp³-hybridized carbons (Fsp3) is 0.321. The maximum absolute atomic E-state index is 14.0. The number of hydrogen-bond donors (Lipinski definition) is 2. The molecule has 0 bridgehead atoms. The smallest absolute Gasteiger partial charge is 0.419 e. The summed E-state index contributed by atoms with van der Waals surface area (Å²) in [6.07, 6.45) is -5.29. The van der Waals surface area contributed by atoms with Crippen molar-refractivity contribution in [1.82, 2.24) is 19.8 Å². The molecule has 2 amide bonds. The third-order valence-electron chi connectivity index (χ3n) is 6.70. The van der Waals surface area contributed by atoms with Crippen LogP contribution in [0.4, 0.5) is 29.6 Å². The van der Waals surface area contributed by atoms with Gasteiger partial charge in [0.2, 0.25) is 5.95 Å². The van der Waals surface area contributed by atoms with E-state index in [2.05, 4.69) is 15.3 Å². The largest absolute Gasteiger partial charge is 0.469 e. The molecule has 3 aromatic rings. The highest BCUT2D eigenvalue weighted by Crippen LogP contribution is 2.37. The molecule has 0 aliphatic carbocycles. The summed E-state index contributed by atoms with van der Waals surface area (Å²) in [5.74, 6) is -1.98. The zero-order valence-corrected chi connectivity index (χ0v) is 22.1. The Morgan fingerprint density at radius 3 is 2.22 bits per heavy atom. The van der Waals surface area contributed by atoms with Gasteiger partial charge in [-0.25, -0.2) is 14.8 Å². The molecular formula is C28H28F3N5O5. The highest BCUT2D eigenvalue weighted by Gasteiger charge is 2.38. The monoisotopic (exact) mass is 571 g/mol. The first kappa shape index (κ1) is 29.3. The number of ether oxygens (including phenoxy) is 1. The van der Waals surface area contributed by atoms with Crippen molar-refractivity contribution in [3.05, 3.63) is 83.2 Å². The Hall–Kier alpha value is -4.68. The van der Waals surface area contributed by atoms with Crippen molar-refractivity contribution in [2.24, 2.45) is 0 Å². The topological polar surface area (TPSA) is 125 Å². The molecule has 1 saturated heterocycles. The van der Waals surface area contributed by atoms with Gasteiger partial charge < -0.3 is 25.0 Å². The molecular weight excluding hydrogens is 543 g/mol. The molecule has 0 saturated carbocycles. The number of anilines is 2. The second-order valence-electron chi connectivity index (χ2n) is 9.42. The number of piperazine rings is 1. The predicted molar refractivity (Wildman–Crippen MR) is 142 cm³/mol. The van der Waals surface area contributed by atoms with Gasteiger partial charge in [-0.05, 0) is 36.2 Å². The van der Waals surface area contributed by atoms with E-state index in [1.165, 1.54) is 12.0 Å². The third-order valence-corrected chi connectivity index (χ3v) is 6.70. The second-order valence-corrected chi connectivity index (χ2v) is 9.42. The fourth-order valence-electron chi connectivity index (χ4n) is 4.54. The first-order valence-corrected chi connectivity index (χ1v) is 12.7. The van der Waals surface area contributed by atoms with Crippen LogP contribution in [0.15, 0.2) is 60.8 Å². The van der Waals surface area contributed by atoms with Crippen LogP contribution >= 0.6 is 0 Å². The standard InChI is InChI=1S/C28H28F3N5O5/c1-41-23(37)16-20(15-18-5-3-2-4-6-18)24-22(28(29,30)31)17-32-26(34-24)33-21-9-7-19(8-10-21)25(38)35-11-13-36(14-12-35)27(39)40/h2-10,17,20H,11-16H2,1H3,(H,39,40)(H,32,33,34). The first-order chi connectivity index (χ1) is 19.5. The van der Waals surface area contributed by atoms with Crippen LogP contribution in [-0.4, -0.2) is 76.1 Å². The van der Waals surface area contributed by atoms with E-state index in [0.717, 1.165) is 5.56 Å². The first-order valence-electron chi connectivity index (χ1n) is 12.7. The van der Waals surface area contributed by atoms with Gasteiger partial charge >= 0.3 is 18.2 Å². The highest BCUT2D eigenvalue weighted by molar-refractivity contribution is 5.94. The van der Waals surface area contributed by atoms with Crippen molar-refractivity contribution >= 4 is 29.6 Å². The quantitative estimate of drug-likeness (QED) is 0.377. The lowest BCUT2D eigenvalue weighted by molar-refractivity contribution is -0.143. The molecule has 1 aliphatic heterocycles. The second kappa shape index (κ2) is 12.7. The Kier molecular flexibility index (Phi) is 9.05. The van der Waals surface area contributed by atoms with Crippen molar-refractivity contribution in [2.45, 2.75) is 24.9 Å². The number of halogens is 3. The molecule has 41 heavy (non-hydrogen) atoms. The average molecular weight is 572 g/mol. The van der Waals surface area contributed by atoms with Crippen molar-refractivity contribution < 1.29 is 37.4 Å². The van der Waals surface area contributed by atoms with E-state index < -0.39 is 29.7 Å². The summed E-state index contributed by atoms with van der Waals surface area (Å²) in [6.45, 7) is 0.969. The zero-order chi connectivity index (χ0) is 29.6. The highest BCUT2D eigenvalue weighted by atomic mass is 19.4. The van der Waals surface area contributed by atoms with Gasteiger partial charge in [-0.2, -0.15) is 13.2 Å². The van der Waals surface area contributed by atoms with Crippen LogP contribution in [0.1, 0.15) is 39.5 Å². The molecule has 4 rings (SSSR count). The minimum Gasteiger partial charge on any atom is -0.469 e. The lowest BCUT2D eigenvalue weighted by Crippen LogP contribution is -2.50. The van der Waals surface area contributed by atoms with Gasteiger partial charge in [0.1, 0.15) is 0 Å². The SMILES string of the molecule is COC(=O)CC(Cc1ccccc1)c1nc(Nc2ccc(C(=O)N3CCN(C(=O)O)CC3)cc2)ncc1C(F)(F)F. The predicted octanol–water partition coefficient (Wildman–Crippen LogP) is 4.56. The van der Waals surface area contributed by atoms with Crippen LogP contribution in [-0.2, 0) is 22.1 Å². The van der Waals surface area contributed by atoms with Gasteiger partial charge in [0.15, 0.2) is 0 Å². The van der Waals surface area contributed by atoms with E-state index >= 15 is 0 Å². The molecule has 1 aromatic heterocycles. The number of hydrogen-bond acceptors (Lipinski definition) is 7. The normalized spacial score (nSPS) is 14.3. The maximum Gasteiger partial charge on any atom is 0.419 e. The molecule has 10 nitrogen and oxygen atoms in total. The molecule has 1 atom stereocenters. The van der Waals surface area contributed by atoms with Gasteiger partial charge in [0.05, 0.1) is 24.8 Å². The number of carbonyl (C=O) groups is 3. The molecule has 2 aromatic carbocycles. The summed E-state index contributed by atoms with van der Waals surface area (Å²) in [5, 5.41) is 11.9. The molecule has 1 unspecified atom stereocenters. The Labute approximate surface area is 233 Å². The van der Waals surface area contributed by atoms with Gasteiger partial charge in [0.25, 0.3) is 5.91 Å². The molecule has 2 N–H and O–H groups in total. The minimum atomic E-state index is -4.75. The van der Waals surface area contributed by atoms with Crippen molar-refractivity contribution in [1.29, 1.82) is 0 Å². The summed E-state index contributed by atoms with van der Waals surface area (Å²) < 4.78 is 46.7. The Morgan fingerprint density at radius 2 is 1.63 bits per heavy atom. The number of esters is 1. The Balaban J connectivity index is 1.55. The summed E-state index contributed by atoms with van der Waals surface area (Å²) in [6, 6.07) is 15.0. The number of rotatable bonds is 8. The van der Waals surface area contributed by atoms with E-state index in [-0.39, 0.29) is 56.6 Å². The molecule has 1 aliphatic rings. The van der Waals surface area contributed by atoms with E-state index in [1.807, 2.05) is 0 Å². The molecule has 0 spiro atoms. The lowest BCUT2D eigenvalue weighted by Gasteiger charge is -2.33. The number of nitrogens with one attached hydrogen (secondary N) is 1. The number of carboxylic acid groups (broad SMARTS) is 1. The number of aromatic nitrogens is 2. The van der Waals surface area contributed by atoms with Crippen LogP contribution in [0, 0.1) is 0 Å². The summed E-state index contributed by atoms with van der Waals surface area (Å²) in [7, 11) is 1.17. The fourth-order valence-corrected chi connectivity index (χ4v) is 4.54. The molecule has 0 radical (unpaired) electrons. The van der Waals surface area contributed by atoms with E-state index in [9.17, 15) is 27.6 Å². The number of carbonyl (C=O) groups excluding carboxylic acids is 2. The molecule has 216 valence electrons. The average Bonchev–Trinajstić information content (AvgIpc) is 2.96. The number of alkyl halides is 3. The number of amides is 2. The summed E-state index contributed by atoms with van der Waals surface area (Å²) >= 11 is 0. The maximum atomic E-state index is 14.0. The number of benzene rings is 2. The number of methoxy groups -OCH3 is 1. The molecule has 1 fully saturated rings.